The highest BCUT2D eigenvalue weighted by atomic mass is 32.2. The molecule has 0 aliphatic heterocycles. The number of hydrogen-bond donors (Lipinski definition) is 1. The van der Waals surface area contributed by atoms with Gasteiger partial charge in [0.2, 0.25) is 0 Å². The largest absolute Gasteiger partial charge is 0.760 e. The first-order valence-electron chi connectivity index (χ1n) is 7.46. The average molecular weight is 332 g/mol. The van der Waals surface area contributed by atoms with Crippen LogP contribution in [0.5, 0.6) is 5.75 Å². The summed E-state index contributed by atoms with van der Waals surface area (Å²) in [4.78, 5) is 0. The molecule has 1 N–H and O–H groups in total. The van der Waals surface area contributed by atoms with Crippen LogP contribution in [0.1, 0.15) is 32.1 Å². The lowest BCUT2D eigenvalue weighted by Crippen LogP contribution is -2.29. The number of ether oxygens (including phenoxy) is 1. The van der Waals surface area contributed by atoms with Crippen molar-refractivity contribution in [3.63, 3.8) is 0 Å². The molecule has 1 aromatic rings. The molecule has 0 amide bonds. The second kappa shape index (κ2) is 8.55. The van der Waals surface area contributed by atoms with Crippen LogP contribution in [0.2, 0.25) is 0 Å². The number of nitrogens with one attached hydrogen (secondary N) is 1. The van der Waals surface area contributed by atoms with Crippen LogP contribution >= 0.6 is 0 Å². The molecule has 0 spiro atoms. The van der Waals surface area contributed by atoms with Gasteiger partial charge in [-0.2, -0.15) is 0 Å². The molecule has 3 unspecified atom stereocenters. The van der Waals surface area contributed by atoms with Crippen LogP contribution < -0.4 is 9.46 Å². The third-order valence-corrected chi connectivity index (χ3v) is 4.54. The van der Waals surface area contributed by atoms with E-state index >= 15 is 0 Å². The molecule has 3 atom stereocenters. The lowest BCUT2D eigenvalue weighted by Gasteiger charge is -2.31. The van der Waals surface area contributed by atoms with E-state index in [1.54, 1.807) is 0 Å². The molecule has 22 heavy (non-hydrogen) atoms. The summed E-state index contributed by atoms with van der Waals surface area (Å²) < 4.78 is 55.2. The van der Waals surface area contributed by atoms with Gasteiger partial charge in [0.05, 0.1) is 6.61 Å². The molecule has 2 rings (SSSR count). The Morgan fingerprint density at radius 3 is 2.45 bits per heavy atom. The number of benzene rings is 1. The van der Waals surface area contributed by atoms with Crippen molar-refractivity contribution in [2.24, 2.45) is 11.8 Å². The standard InChI is InChI=1S/C15H21F2NO3S/c16-13-7-14(17)9-15(8-13)21-10-12-4-2-1-3-11(12)5-6-18-22(19)20/h7-9,11-12,18H,1-6,10H2,(H,19,20)/p-1. The van der Waals surface area contributed by atoms with Crippen LogP contribution in [0.25, 0.3) is 0 Å². The van der Waals surface area contributed by atoms with Crippen LogP contribution in [-0.2, 0) is 11.3 Å². The maximum absolute atomic E-state index is 13.1. The van der Waals surface area contributed by atoms with E-state index in [2.05, 4.69) is 4.72 Å². The summed E-state index contributed by atoms with van der Waals surface area (Å²) in [6.07, 6.45) is 4.99. The highest BCUT2D eigenvalue weighted by molar-refractivity contribution is 7.77. The Hall–Kier alpha value is -1.05. The van der Waals surface area contributed by atoms with Gasteiger partial charge in [0.25, 0.3) is 0 Å². The average Bonchev–Trinajstić information content (AvgIpc) is 2.45. The van der Waals surface area contributed by atoms with Crippen LogP contribution in [0.15, 0.2) is 18.2 Å². The van der Waals surface area contributed by atoms with E-state index in [4.69, 9.17) is 4.74 Å². The first-order chi connectivity index (χ1) is 10.5. The molecular weight excluding hydrogens is 312 g/mol. The Balaban J connectivity index is 1.86. The normalized spacial score (nSPS) is 23.2. The first kappa shape index (κ1) is 17.3. The summed E-state index contributed by atoms with van der Waals surface area (Å²) in [5.74, 6) is -0.472. The van der Waals surface area contributed by atoms with Gasteiger partial charge in [-0.3, -0.25) is 4.21 Å². The fourth-order valence-electron chi connectivity index (χ4n) is 3.03. The molecule has 1 aliphatic rings. The predicted octanol–water partition coefficient (Wildman–Crippen LogP) is 2.92. The van der Waals surface area contributed by atoms with Crippen molar-refractivity contribution in [3.05, 3.63) is 29.8 Å². The molecule has 1 saturated carbocycles. The molecule has 1 fully saturated rings. The predicted molar refractivity (Wildman–Crippen MR) is 78.8 cm³/mol. The quantitative estimate of drug-likeness (QED) is 0.781. The maximum Gasteiger partial charge on any atom is 0.129 e. The van der Waals surface area contributed by atoms with Gasteiger partial charge in [0, 0.05) is 36.0 Å². The summed E-state index contributed by atoms with van der Waals surface area (Å²) >= 11 is -2.23. The highest BCUT2D eigenvalue weighted by Crippen LogP contribution is 2.32. The van der Waals surface area contributed by atoms with Gasteiger partial charge < -0.3 is 9.29 Å². The minimum Gasteiger partial charge on any atom is -0.760 e. The second-order valence-corrected chi connectivity index (χ2v) is 6.40. The third-order valence-electron chi connectivity index (χ3n) is 4.10. The van der Waals surface area contributed by atoms with Gasteiger partial charge in [-0.05, 0) is 24.7 Å². The van der Waals surface area contributed by atoms with Gasteiger partial charge in [0.15, 0.2) is 0 Å². The maximum atomic E-state index is 13.1. The van der Waals surface area contributed by atoms with E-state index in [1.165, 1.54) is 12.1 Å². The minimum atomic E-state index is -2.23. The SMILES string of the molecule is O=S([O-])NCCC1CCCCC1COc1cc(F)cc(F)c1. The Kier molecular flexibility index (Phi) is 6.72. The molecule has 0 bridgehead atoms. The van der Waals surface area contributed by atoms with Crippen LogP contribution in [0, 0.1) is 23.5 Å². The fraction of sp³-hybridized carbons (Fsp3) is 0.600. The summed E-state index contributed by atoms with van der Waals surface area (Å²) in [7, 11) is 0. The van der Waals surface area contributed by atoms with E-state index in [0.717, 1.165) is 38.2 Å². The first-order valence-corrected chi connectivity index (χ1v) is 8.54. The molecule has 1 aliphatic carbocycles. The van der Waals surface area contributed by atoms with Crippen molar-refractivity contribution in [1.82, 2.24) is 4.72 Å². The van der Waals surface area contributed by atoms with Gasteiger partial charge in [-0.25, -0.2) is 13.5 Å². The highest BCUT2D eigenvalue weighted by Gasteiger charge is 2.25. The van der Waals surface area contributed by atoms with Crippen molar-refractivity contribution >= 4 is 11.3 Å². The molecule has 1 aromatic carbocycles. The lowest BCUT2D eigenvalue weighted by atomic mass is 9.78. The lowest BCUT2D eigenvalue weighted by molar-refractivity contribution is 0.143. The van der Waals surface area contributed by atoms with Crippen molar-refractivity contribution in [2.75, 3.05) is 13.2 Å². The van der Waals surface area contributed by atoms with E-state index < -0.39 is 22.9 Å². The van der Waals surface area contributed by atoms with Gasteiger partial charge in [0.1, 0.15) is 17.4 Å². The van der Waals surface area contributed by atoms with E-state index in [1.807, 2.05) is 0 Å². The Morgan fingerprint density at radius 1 is 1.18 bits per heavy atom. The Labute approximate surface area is 131 Å². The van der Waals surface area contributed by atoms with Gasteiger partial charge >= 0.3 is 0 Å². The van der Waals surface area contributed by atoms with Crippen molar-refractivity contribution in [3.8, 4) is 5.75 Å². The zero-order valence-electron chi connectivity index (χ0n) is 12.2. The van der Waals surface area contributed by atoms with Crippen LogP contribution in [0.3, 0.4) is 0 Å². The summed E-state index contributed by atoms with van der Waals surface area (Å²) in [6.45, 7) is 0.805. The summed E-state index contributed by atoms with van der Waals surface area (Å²) in [6, 6.07) is 3.15. The summed E-state index contributed by atoms with van der Waals surface area (Å²) in [5.41, 5.74) is 0. The topological polar surface area (TPSA) is 61.4 Å². The van der Waals surface area contributed by atoms with Crippen molar-refractivity contribution in [1.29, 1.82) is 0 Å². The van der Waals surface area contributed by atoms with E-state index in [9.17, 15) is 17.5 Å². The zero-order chi connectivity index (χ0) is 15.9. The monoisotopic (exact) mass is 332 g/mol. The Bertz CT molecular complexity index is 495. The fourth-order valence-corrected chi connectivity index (χ4v) is 3.31. The minimum absolute atomic E-state index is 0.195. The molecule has 0 aromatic heterocycles. The smallest absolute Gasteiger partial charge is 0.129 e. The molecular formula is C15H20F2NO3S-. The third kappa shape index (κ3) is 5.62. The van der Waals surface area contributed by atoms with Crippen molar-refractivity contribution in [2.45, 2.75) is 32.1 Å². The van der Waals surface area contributed by atoms with Crippen LogP contribution in [0.4, 0.5) is 8.78 Å². The molecule has 0 radical (unpaired) electrons. The number of rotatable bonds is 7. The van der Waals surface area contributed by atoms with E-state index in [0.29, 0.717) is 19.1 Å². The van der Waals surface area contributed by atoms with E-state index in [-0.39, 0.29) is 11.7 Å². The summed E-state index contributed by atoms with van der Waals surface area (Å²) in [5, 5.41) is 0. The van der Waals surface area contributed by atoms with Gasteiger partial charge in [-0.1, -0.05) is 19.3 Å². The van der Waals surface area contributed by atoms with Crippen molar-refractivity contribution < 1.29 is 22.3 Å². The molecule has 7 heteroatoms. The molecule has 124 valence electrons. The number of hydrogen-bond acceptors (Lipinski definition) is 3. The second-order valence-electron chi connectivity index (χ2n) is 5.64. The molecule has 0 saturated heterocycles. The molecule has 4 nitrogen and oxygen atoms in total. The number of halogens is 2. The van der Waals surface area contributed by atoms with Crippen LogP contribution in [-0.4, -0.2) is 21.9 Å². The molecule has 0 heterocycles. The Morgan fingerprint density at radius 2 is 1.82 bits per heavy atom. The van der Waals surface area contributed by atoms with Gasteiger partial charge in [-0.15, -0.1) is 0 Å². The zero-order valence-corrected chi connectivity index (χ0v) is 13.0.